The highest BCUT2D eigenvalue weighted by Crippen LogP contribution is 2.44. The highest BCUT2D eigenvalue weighted by Gasteiger charge is 2.29. The van der Waals surface area contributed by atoms with Crippen LogP contribution in [0.5, 0.6) is 5.75 Å². The van der Waals surface area contributed by atoms with Crippen LogP contribution < -0.4 is 10.1 Å². The van der Waals surface area contributed by atoms with Crippen LogP contribution in [0.25, 0.3) is 11.1 Å². The maximum Gasteiger partial charge on any atom is 0.407 e. The summed E-state index contributed by atoms with van der Waals surface area (Å²) in [4.78, 5) is 24.0. The number of carboxylic acid groups (broad SMARTS) is 1. The number of carboxylic acids is 1. The number of aliphatic carboxylic acids is 1. The molecule has 6 nitrogen and oxygen atoms in total. The van der Waals surface area contributed by atoms with E-state index in [0.29, 0.717) is 25.9 Å². The van der Waals surface area contributed by atoms with Crippen molar-refractivity contribution in [3.05, 3.63) is 90.0 Å². The predicted octanol–water partition coefficient (Wildman–Crippen LogP) is 5.23. The van der Waals surface area contributed by atoms with Gasteiger partial charge < -0.3 is 19.9 Å². The van der Waals surface area contributed by atoms with E-state index in [1.54, 1.807) is 0 Å². The smallest absolute Gasteiger partial charge is 0.407 e. The maximum absolute atomic E-state index is 12.4. The van der Waals surface area contributed by atoms with Gasteiger partial charge in [0.1, 0.15) is 18.4 Å². The molecule has 33 heavy (non-hydrogen) atoms. The fourth-order valence-corrected chi connectivity index (χ4v) is 4.20. The van der Waals surface area contributed by atoms with Crippen molar-refractivity contribution in [2.45, 2.75) is 31.2 Å². The van der Waals surface area contributed by atoms with Crippen LogP contribution in [0.15, 0.2) is 78.9 Å². The highest BCUT2D eigenvalue weighted by atomic mass is 16.5. The molecule has 0 bridgehead atoms. The standard InChI is InChI=1S/C27H27NO5/c29-26(30)25(16-8-9-17-32-19-10-2-1-3-11-19)28-27(31)33-18-24-22-14-6-4-12-20(22)21-13-5-7-15-23(21)24/h1-7,10-15,24-25H,8-9,16-18H2,(H,28,31)(H,29,30)/t25-/m0/s1. The van der Waals surface area contributed by atoms with Gasteiger partial charge in [0.25, 0.3) is 0 Å². The lowest BCUT2D eigenvalue weighted by molar-refractivity contribution is -0.139. The Hall–Kier alpha value is -3.80. The lowest BCUT2D eigenvalue weighted by atomic mass is 9.98. The van der Waals surface area contributed by atoms with E-state index in [9.17, 15) is 14.7 Å². The lowest BCUT2D eigenvalue weighted by Gasteiger charge is -2.17. The fraction of sp³-hybridized carbons (Fsp3) is 0.259. The summed E-state index contributed by atoms with van der Waals surface area (Å²) in [5.74, 6) is -0.363. The summed E-state index contributed by atoms with van der Waals surface area (Å²) >= 11 is 0. The second kappa shape index (κ2) is 10.7. The summed E-state index contributed by atoms with van der Waals surface area (Å²) in [5.41, 5.74) is 4.51. The summed E-state index contributed by atoms with van der Waals surface area (Å²) in [5, 5.41) is 12.0. The van der Waals surface area contributed by atoms with Gasteiger partial charge in [-0.1, -0.05) is 66.7 Å². The molecule has 3 aromatic rings. The fourth-order valence-electron chi connectivity index (χ4n) is 4.20. The van der Waals surface area contributed by atoms with Gasteiger partial charge >= 0.3 is 12.1 Å². The van der Waals surface area contributed by atoms with Crippen LogP contribution in [0.4, 0.5) is 4.79 Å². The Morgan fingerprint density at radius 3 is 2.09 bits per heavy atom. The lowest BCUT2D eigenvalue weighted by Crippen LogP contribution is -2.41. The number of hydrogen-bond acceptors (Lipinski definition) is 4. The van der Waals surface area contributed by atoms with Crippen LogP contribution in [0.1, 0.15) is 36.3 Å². The van der Waals surface area contributed by atoms with Crippen molar-refractivity contribution in [1.82, 2.24) is 5.32 Å². The summed E-state index contributed by atoms with van der Waals surface area (Å²) in [6.45, 7) is 0.637. The van der Waals surface area contributed by atoms with Gasteiger partial charge in [0.15, 0.2) is 0 Å². The molecule has 2 N–H and O–H groups in total. The molecule has 0 saturated heterocycles. The zero-order valence-corrected chi connectivity index (χ0v) is 18.3. The van der Waals surface area contributed by atoms with Crippen molar-refractivity contribution in [3.8, 4) is 16.9 Å². The normalized spacial score (nSPS) is 13.0. The van der Waals surface area contributed by atoms with E-state index in [2.05, 4.69) is 17.4 Å². The van der Waals surface area contributed by atoms with Gasteiger partial charge in [0.05, 0.1) is 6.61 Å². The van der Waals surface area contributed by atoms with Crippen molar-refractivity contribution >= 4 is 12.1 Å². The Labute approximate surface area is 193 Å². The predicted molar refractivity (Wildman–Crippen MR) is 125 cm³/mol. The first-order valence-corrected chi connectivity index (χ1v) is 11.2. The Bertz CT molecular complexity index is 1050. The number of carbonyl (C=O) groups excluding carboxylic acids is 1. The van der Waals surface area contributed by atoms with Gasteiger partial charge in [0.2, 0.25) is 0 Å². The molecule has 1 atom stereocenters. The van der Waals surface area contributed by atoms with E-state index in [1.165, 1.54) is 0 Å². The number of benzene rings is 3. The zero-order valence-electron chi connectivity index (χ0n) is 18.3. The second-order valence-corrected chi connectivity index (χ2v) is 8.02. The van der Waals surface area contributed by atoms with E-state index in [1.807, 2.05) is 66.7 Å². The number of nitrogens with one attached hydrogen (secondary N) is 1. The van der Waals surface area contributed by atoms with Crippen molar-refractivity contribution < 1.29 is 24.2 Å². The van der Waals surface area contributed by atoms with Crippen LogP contribution in [0.3, 0.4) is 0 Å². The number of unbranched alkanes of at least 4 members (excludes halogenated alkanes) is 1. The van der Waals surface area contributed by atoms with E-state index in [0.717, 1.165) is 28.0 Å². The molecule has 170 valence electrons. The third-order valence-electron chi connectivity index (χ3n) is 5.83. The minimum Gasteiger partial charge on any atom is -0.494 e. The van der Waals surface area contributed by atoms with Gasteiger partial charge in [0, 0.05) is 5.92 Å². The minimum atomic E-state index is -1.08. The molecule has 0 saturated carbocycles. The Balaban J connectivity index is 1.26. The Morgan fingerprint density at radius 1 is 0.848 bits per heavy atom. The number of amides is 1. The SMILES string of the molecule is O=C(N[C@@H](CCCCOc1ccccc1)C(=O)O)OCC1c2ccccc2-c2ccccc21. The average Bonchev–Trinajstić information content (AvgIpc) is 3.16. The molecule has 1 amide bonds. The summed E-state index contributed by atoms with van der Waals surface area (Å²) in [7, 11) is 0. The highest BCUT2D eigenvalue weighted by molar-refractivity contribution is 5.81. The monoisotopic (exact) mass is 445 g/mol. The summed E-state index contributed by atoms with van der Waals surface area (Å²) < 4.78 is 11.1. The molecule has 0 heterocycles. The largest absolute Gasteiger partial charge is 0.494 e. The number of fused-ring (bicyclic) bond motifs is 3. The molecule has 1 aliphatic carbocycles. The zero-order chi connectivity index (χ0) is 23.0. The van der Waals surface area contributed by atoms with Crippen LogP contribution >= 0.6 is 0 Å². The van der Waals surface area contributed by atoms with E-state index in [4.69, 9.17) is 9.47 Å². The van der Waals surface area contributed by atoms with E-state index < -0.39 is 18.1 Å². The molecular weight excluding hydrogens is 418 g/mol. The topological polar surface area (TPSA) is 84.9 Å². The minimum absolute atomic E-state index is 0.0680. The first-order chi connectivity index (χ1) is 16.1. The van der Waals surface area contributed by atoms with Crippen molar-refractivity contribution in [2.24, 2.45) is 0 Å². The molecule has 0 spiro atoms. The molecule has 0 aliphatic heterocycles. The molecule has 4 rings (SSSR count). The van der Waals surface area contributed by atoms with Gasteiger partial charge in [-0.2, -0.15) is 0 Å². The van der Waals surface area contributed by atoms with Crippen molar-refractivity contribution in [1.29, 1.82) is 0 Å². The third-order valence-corrected chi connectivity index (χ3v) is 5.83. The number of alkyl carbamates (subject to hydrolysis) is 1. The number of para-hydroxylation sites is 1. The third kappa shape index (κ3) is 5.52. The Morgan fingerprint density at radius 2 is 1.45 bits per heavy atom. The average molecular weight is 446 g/mol. The number of ether oxygens (including phenoxy) is 2. The van der Waals surface area contributed by atoms with Gasteiger partial charge in [-0.05, 0) is 53.6 Å². The number of rotatable bonds is 10. The van der Waals surface area contributed by atoms with Crippen molar-refractivity contribution in [3.63, 3.8) is 0 Å². The van der Waals surface area contributed by atoms with E-state index >= 15 is 0 Å². The van der Waals surface area contributed by atoms with Gasteiger partial charge in [-0.25, -0.2) is 9.59 Å². The van der Waals surface area contributed by atoms with Crippen molar-refractivity contribution in [2.75, 3.05) is 13.2 Å². The van der Waals surface area contributed by atoms with Gasteiger partial charge in [-0.15, -0.1) is 0 Å². The summed E-state index contributed by atoms with van der Waals surface area (Å²) in [6.07, 6.45) is 0.876. The first-order valence-electron chi connectivity index (χ1n) is 11.2. The molecule has 0 aromatic heterocycles. The van der Waals surface area contributed by atoms with Crippen LogP contribution in [-0.2, 0) is 9.53 Å². The molecule has 0 radical (unpaired) electrons. The van der Waals surface area contributed by atoms with E-state index in [-0.39, 0.29) is 12.5 Å². The molecule has 0 unspecified atom stereocenters. The number of carbonyl (C=O) groups is 2. The molecule has 6 heteroatoms. The van der Waals surface area contributed by atoms with Gasteiger partial charge in [-0.3, -0.25) is 0 Å². The maximum atomic E-state index is 12.4. The Kier molecular flexibility index (Phi) is 7.25. The number of hydrogen-bond donors (Lipinski definition) is 2. The van der Waals surface area contributed by atoms with Crippen LogP contribution in [0.2, 0.25) is 0 Å². The summed E-state index contributed by atoms with van der Waals surface area (Å²) in [6, 6.07) is 24.6. The quantitative estimate of drug-likeness (QED) is 0.418. The van der Waals surface area contributed by atoms with Crippen LogP contribution in [-0.4, -0.2) is 36.4 Å². The molecular formula is C27H27NO5. The molecule has 3 aromatic carbocycles. The second-order valence-electron chi connectivity index (χ2n) is 8.02. The molecule has 1 aliphatic rings. The van der Waals surface area contributed by atoms with Crippen LogP contribution in [0, 0.1) is 0 Å². The molecule has 0 fully saturated rings. The first kappa shape index (κ1) is 22.4.